The lowest BCUT2D eigenvalue weighted by atomic mass is 10.2. The van der Waals surface area contributed by atoms with Gasteiger partial charge in [0.2, 0.25) is 0 Å². The van der Waals surface area contributed by atoms with Crippen LogP contribution in [0.15, 0.2) is 23.2 Å². The highest BCUT2D eigenvalue weighted by molar-refractivity contribution is 6.30. The topological polar surface area (TPSA) is 12.4 Å². The van der Waals surface area contributed by atoms with E-state index < -0.39 is 0 Å². The Kier molecular flexibility index (Phi) is 2.07. The highest BCUT2D eigenvalue weighted by atomic mass is 35.5. The summed E-state index contributed by atoms with van der Waals surface area (Å²) in [5.74, 6) is 0. The Balaban J connectivity index is 3.19. The van der Waals surface area contributed by atoms with Crippen molar-refractivity contribution >= 4 is 24.0 Å². The van der Waals surface area contributed by atoms with Crippen molar-refractivity contribution < 1.29 is 0 Å². The first-order valence-corrected chi connectivity index (χ1v) is 3.34. The van der Waals surface area contributed by atoms with Gasteiger partial charge in [-0.3, -0.25) is 4.99 Å². The van der Waals surface area contributed by atoms with Crippen LogP contribution in [-0.2, 0) is 0 Å². The third-order valence-corrected chi connectivity index (χ3v) is 1.56. The molecule has 0 atom stereocenters. The number of rotatable bonds is 1. The standard InChI is InChI=1S/C8H8ClN/c1-6-5-7(9)3-4-8(6)10-2/h3-5H,2H2,1H3. The fraction of sp³-hybridized carbons (Fsp3) is 0.125. The minimum atomic E-state index is 0.741. The van der Waals surface area contributed by atoms with Crippen LogP contribution in [0.25, 0.3) is 0 Å². The minimum absolute atomic E-state index is 0.741. The van der Waals surface area contributed by atoms with Crippen LogP contribution in [0, 0.1) is 6.92 Å². The normalized spacial score (nSPS) is 9.40. The number of benzene rings is 1. The average Bonchev–Trinajstić information content (AvgIpc) is 1.88. The lowest BCUT2D eigenvalue weighted by Crippen LogP contribution is -1.72. The fourth-order valence-corrected chi connectivity index (χ4v) is 1.02. The molecule has 0 aliphatic heterocycles. The van der Waals surface area contributed by atoms with E-state index in [0.717, 1.165) is 16.3 Å². The minimum Gasteiger partial charge on any atom is -0.264 e. The van der Waals surface area contributed by atoms with Gasteiger partial charge in [-0.2, -0.15) is 0 Å². The number of hydrogen-bond donors (Lipinski definition) is 0. The van der Waals surface area contributed by atoms with Crippen molar-refractivity contribution in [3.63, 3.8) is 0 Å². The SMILES string of the molecule is C=Nc1ccc(Cl)cc1C. The molecular formula is C8H8ClN. The first kappa shape index (κ1) is 7.29. The van der Waals surface area contributed by atoms with E-state index in [-0.39, 0.29) is 0 Å². The molecule has 52 valence electrons. The van der Waals surface area contributed by atoms with E-state index in [1.165, 1.54) is 0 Å². The predicted octanol–water partition coefficient (Wildman–Crippen LogP) is 2.98. The summed E-state index contributed by atoms with van der Waals surface area (Å²) in [6.07, 6.45) is 0. The summed E-state index contributed by atoms with van der Waals surface area (Å²) in [5, 5.41) is 0.741. The monoisotopic (exact) mass is 153 g/mol. The average molecular weight is 154 g/mol. The summed E-state index contributed by atoms with van der Waals surface area (Å²) in [6, 6.07) is 5.52. The smallest absolute Gasteiger partial charge is 0.0652 e. The van der Waals surface area contributed by atoms with Gasteiger partial charge in [0.15, 0.2) is 0 Å². The fourth-order valence-electron chi connectivity index (χ4n) is 0.796. The van der Waals surface area contributed by atoms with Gasteiger partial charge in [0.05, 0.1) is 5.69 Å². The van der Waals surface area contributed by atoms with Crippen LogP contribution in [0.1, 0.15) is 5.56 Å². The third-order valence-electron chi connectivity index (χ3n) is 1.33. The van der Waals surface area contributed by atoms with E-state index >= 15 is 0 Å². The molecule has 0 saturated heterocycles. The van der Waals surface area contributed by atoms with Gasteiger partial charge in [-0.05, 0) is 37.4 Å². The molecule has 0 bridgehead atoms. The molecule has 1 nitrogen and oxygen atoms in total. The third kappa shape index (κ3) is 1.36. The van der Waals surface area contributed by atoms with Gasteiger partial charge in [0.1, 0.15) is 0 Å². The summed E-state index contributed by atoms with van der Waals surface area (Å²) >= 11 is 5.71. The zero-order chi connectivity index (χ0) is 7.56. The van der Waals surface area contributed by atoms with E-state index in [4.69, 9.17) is 11.6 Å². The Hall–Kier alpha value is -0.820. The zero-order valence-corrected chi connectivity index (χ0v) is 6.52. The Bertz CT molecular complexity index is 255. The van der Waals surface area contributed by atoms with Gasteiger partial charge >= 0.3 is 0 Å². The van der Waals surface area contributed by atoms with Crippen molar-refractivity contribution in [2.45, 2.75) is 6.92 Å². The molecule has 0 unspecified atom stereocenters. The highest BCUT2D eigenvalue weighted by Gasteiger charge is 1.93. The number of hydrogen-bond acceptors (Lipinski definition) is 1. The molecule has 0 N–H and O–H groups in total. The van der Waals surface area contributed by atoms with Crippen molar-refractivity contribution in [1.82, 2.24) is 0 Å². The van der Waals surface area contributed by atoms with E-state index in [1.807, 2.05) is 19.1 Å². The first-order valence-electron chi connectivity index (χ1n) is 2.97. The van der Waals surface area contributed by atoms with Gasteiger partial charge in [-0.1, -0.05) is 11.6 Å². The summed E-state index contributed by atoms with van der Waals surface area (Å²) in [4.78, 5) is 3.80. The number of nitrogens with zero attached hydrogens (tertiary/aromatic N) is 1. The Morgan fingerprint density at radius 3 is 2.70 bits per heavy atom. The maximum atomic E-state index is 5.71. The summed E-state index contributed by atoms with van der Waals surface area (Å²) in [7, 11) is 0. The second-order valence-corrected chi connectivity index (χ2v) is 2.53. The molecule has 0 radical (unpaired) electrons. The van der Waals surface area contributed by atoms with Gasteiger partial charge in [0, 0.05) is 5.02 Å². The van der Waals surface area contributed by atoms with Crippen molar-refractivity contribution in [2.24, 2.45) is 4.99 Å². The number of aryl methyl sites for hydroxylation is 1. The van der Waals surface area contributed by atoms with Crippen LogP contribution >= 0.6 is 11.6 Å². The van der Waals surface area contributed by atoms with Crippen LogP contribution < -0.4 is 0 Å². The largest absolute Gasteiger partial charge is 0.264 e. The lowest BCUT2D eigenvalue weighted by Gasteiger charge is -1.97. The molecule has 0 heterocycles. The van der Waals surface area contributed by atoms with Crippen LogP contribution in [0.2, 0.25) is 5.02 Å². The molecular weight excluding hydrogens is 146 g/mol. The van der Waals surface area contributed by atoms with Crippen LogP contribution in [0.4, 0.5) is 5.69 Å². The van der Waals surface area contributed by atoms with E-state index in [9.17, 15) is 0 Å². The van der Waals surface area contributed by atoms with Gasteiger partial charge in [-0.15, -0.1) is 0 Å². The van der Waals surface area contributed by atoms with Crippen molar-refractivity contribution in [3.8, 4) is 0 Å². The lowest BCUT2D eigenvalue weighted by molar-refractivity contribution is 1.41. The molecule has 2 heteroatoms. The molecule has 1 rings (SSSR count). The molecule has 1 aromatic carbocycles. The predicted molar refractivity (Wildman–Crippen MR) is 45.4 cm³/mol. The van der Waals surface area contributed by atoms with Crippen LogP contribution in [0.5, 0.6) is 0 Å². The van der Waals surface area contributed by atoms with Crippen LogP contribution in [-0.4, -0.2) is 6.72 Å². The van der Waals surface area contributed by atoms with Crippen LogP contribution in [0.3, 0.4) is 0 Å². The maximum absolute atomic E-state index is 5.71. The van der Waals surface area contributed by atoms with Crippen molar-refractivity contribution in [3.05, 3.63) is 28.8 Å². The second-order valence-electron chi connectivity index (χ2n) is 2.09. The summed E-state index contributed by atoms with van der Waals surface area (Å²) < 4.78 is 0. The Morgan fingerprint density at radius 1 is 1.50 bits per heavy atom. The maximum Gasteiger partial charge on any atom is 0.0652 e. The molecule has 0 aliphatic carbocycles. The molecule has 0 spiro atoms. The summed E-state index contributed by atoms with van der Waals surface area (Å²) in [5.41, 5.74) is 1.95. The highest BCUT2D eigenvalue weighted by Crippen LogP contribution is 2.21. The number of aliphatic imine (C=N–C) groups is 1. The molecule has 10 heavy (non-hydrogen) atoms. The Labute approximate surface area is 65.4 Å². The van der Waals surface area contributed by atoms with Crippen molar-refractivity contribution in [2.75, 3.05) is 0 Å². The molecule has 0 fully saturated rings. The summed E-state index contributed by atoms with van der Waals surface area (Å²) in [6.45, 7) is 5.38. The molecule has 1 aromatic rings. The first-order chi connectivity index (χ1) is 4.74. The molecule has 0 aromatic heterocycles. The van der Waals surface area contributed by atoms with Gasteiger partial charge in [-0.25, -0.2) is 0 Å². The van der Waals surface area contributed by atoms with Gasteiger partial charge < -0.3 is 0 Å². The quantitative estimate of drug-likeness (QED) is 0.550. The molecule has 0 amide bonds. The van der Waals surface area contributed by atoms with E-state index in [1.54, 1.807) is 6.07 Å². The second kappa shape index (κ2) is 2.84. The number of halogens is 1. The van der Waals surface area contributed by atoms with E-state index in [2.05, 4.69) is 11.7 Å². The van der Waals surface area contributed by atoms with Crippen molar-refractivity contribution in [1.29, 1.82) is 0 Å². The molecule has 0 saturated carbocycles. The van der Waals surface area contributed by atoms with Gasteiger partial charge in [0.25, 0.3) is 0 Å². The zero-order valence-electron chi connectivity index (χ0n) is 5.76. The Morgan fingerprint density at radius 2 is 2.20 bits per heavy atom. The van der Waals surface area contributed by atoms with E-state index in [0.29, 0.717) is 0 Å². The molecule has 0 aliphatic rings.